The van der Waals surface area contributed by atoms with Crippen LogP contribution in [-0.4, -0.2) is 85.5 Å². The lowest BCUT2D eigenvalue weighted by molar-refractivity contribution is -0.136. The summed E-state index contributed by atoms with van der Waals surface area (Å²) in [6.45, 7) is 10.6. The lowest BCUT2D eigenvalue weighted by Crippen LogP contribution is -2.50. The minimum absolute atomic E-state index is 0.0723. The number of rotatable bonds is 9. The van der Waals surface area contributed by atoms with Crippen LogP contribution in [0.25, 0.3) is 0 Å². The molecule has 0 aromatic heterocycles. The molecule has 2 heterocycles. The molecule has 7 nitrogen and oxygen atoms in total. The molecule has 2 saturated heterocycles. The third-order valence-corrected chi connectivity index (χ3v) is 5.82. The Hall–Kier alpha value is -2.12. The molecule has 30 heavy (non-hydrogen) atoms. The van der Waals surface area contributed by atoms with Crippen molar-refractivity contribution in [1.82, 2.24) is 20.0 Å². The summed E-state index contributed by atoms with van der Waals surface area (Å²) in [5, 5.41) is 3.02. The summed E-state index contributed by atoms with van der Waals surface area (Å²) >= 11 is 0. The summed E-state index contributed by atoms with van der Waals surface area (Å²) in [6, 6.07) is 8.51. The Bertz CT molecular complexity index is 716. The lowest BCUT2D eigenvalue weighted by atomic mass is 10.1. The Morgan fingerprint density at radius 2 is 2.03 bits per heavy atom. The average molecular weight is 417 g/mol. The zero-order valence-electron chi connectivity index (χ0n) is 18.6. The number of hydrogen-bond acceptors (Lipinski definition) is 5. The monoisotopic (exact) mass is 416 g/mol. The fourth-order valence-electron chi connectivity index (χ4n) is 4.15. The van der Waals surface area contributed by atoms with Gasteiger partial charge in [-0.15, -0.1) is 0 Å². The highest BCUT2D eigenvalue weighted by atomic mass is 16.5. The normalized spacial score (nSPS) is 20.1. The number of carbonyl (C=O) groups excluding carboxylic acids is 2. The van der Waals surface area contributed by atoms with Crippen LogP contribution < -0.4 is 10.1 Å². The maximum Gasteiger partial charge on any atom is 0.225 e. The van der Waals surface area contributed by atoms with E-state index in [1.165, 1.54) is 5.56 Å². The Labute approximate surface area is 180 Å². The van der Waals surface area contributed by atoms with Crippen LogP contribution in [0.15, 0.2) is 24.3 Å². The fraction of sp³-hybridized carbons (Fsp3) is 0.652. The van der Waals surface area contributed by atoms with Gasteiger partial charge in [0, 0.05) is 64.2 Å². The van der Waals surface area contributed by atoms with E-state index in [9.17, 15) is 9.59 Å². The average Bonchev–Trinajstić information content (AvgIpc) is 3.12. The van der Waals surface area contributed by atoms with E-state index in [0.29, 0.717) is 13.0 Å². The van der Waals surface area contributed by atoms with Gasteiger partial charge in [0.05, 0.1) is 0 Å². The summed E-state index contributed by atoms with van der Waals surface area (Å²) < 4.78 is 5.99. The Balaban J connectivity index is 1.37. The van der Waals surface area contributed by atoms with E-state index in [1.54, 1.807) is 0 Å². The van der Waals surface area contributed by atoms with E-state index in [2.05, 4.69) is 34.3 Å². The van der Waals surface area contributed by atoms with Crippen molar-refractivity contribution < 1.29 is 14.3 Å². The zero-order chi connectivity index (χ0) is 21.5. The Morgan fingerprint density at radius 3 is 2.70 bits per heavy atom. The first kappa shape index (κ1) is 22.6. The van der Waals surface area contributed by atoms with Crippen LogP contribution >= 0.6 is 0 Å². The number of carbonyl (C=O) groups is 2. The van der Waals surface area contributed by atoms with Crippen molar-refractivity contribution in [3.63, 3.8) is 0 Å². The van der Waals surface area contributed by atoms with Crippen molar-refractivity contribution in [2.75, 3.05) is 52.9 Å². The molecule has 2 fully saturated rings. The van der Waals surface area contributed by atoms with Crippen LogP contribution in [0.3, 0.4) is 0 Å². The third kappa shape index (κ3) is 6.71. The van der Waals surface area contributed by atoms with Crippen LogP contribution in [0.2, 0.25) is 0 Å². The summed E-state index contributed by atoms with van der Waals surface area (Å²) in [5.74, 6) is 1.38. The predicted molar refractivity (Wildman–Crippen MR) is 117 cm³/mol. The van der Waals surface area contributed by atoms with Crippen molar-refractivity contribution in [2.45, 2.75) is 39.3 Å². The van der Waals surface area contributed by atoms with E-state index in [1.807, 2.05) is 30.9 Å². The van der Waals surface area contributed by atoms with Gasteiger partial charge in [-0.05, 0) is 31.2 Å². The maximum absolute atomic E-state index is 12.1. The first-order valence-electron chi connectivity index (χ1n) is 11.1. The van der Waals surface area contributed by atoms with Gasteiger partial charge in [-0.3, -0.25) is 14.5 Å². The highest BCUT2D eigenvalue weighted by Gasteiger charge is 2.23. The topological polar surface area (TPSA) is 65.1 Å². The molecule has 0 aliphatic carbocycles. The van der Waals surface area contributed by atoms with Gasteiger partial charge in [-0.25, -0.2) is 0 Å². The highest BCUT2D eigenvalue weighted by Crippen LogP contribution is 2.16. The molecule has 1 aromatic rings. The van der Waals surface area contributed by atoms with Crippen LogP contribution in [0.4, 0.5) is 0 Å². The third-order valence-electron chi connectivity index (χ3n) is 5.82. The van der Waals surface area contributed by atoms with Crippen LogP contribution in [0, 0.1) is 5.92 Å². The maximum atomic E-state index is 12.1. The van der Waals surface area contributed by atoms with Crippen molar-refractivity contribution in [3.8, 4) is 5.75 Å². The van der Waals surface area contributed by atoms with Crippen LogP contribution in [0.5, 0.6) is 5.75 Å². The van der Waals surface area contributed by atoms with E-state index in [-0.39, 0.29) is 23.8 Å². The quantitative estimate of drug-likeness (QED) is 0.662. The summed E-state index contributed by atoms with van der Waals surface area (Å²) in [6.07, 6.45) is 1.57. The Morgan fingerprint density at radius 1 is 1.27 bits per heavy atom. The van der Waals surface area contributed by atoms with Crippen LogP contribution in [0.1, 0.15) is 32.3 Å². The molecule has 1 aromatic carbocycles. The second-order valence-corrected chi connectivity index (χ2v) is 8.82. The van der Waals surface area contributed by atoms with Gasteiger partial charge in [0.1, 0.15) is 12.4 Å². The molecular formula is C23H36N4O3. The molecule has 2 amide bonds. The number of ether oxygens (including phenoxy) is 1. The lowest BCUT2D eigenvalue weighted by Gasteiger charge is -2.35. The number of nitrogens with zero attached hydrogens (tertiary/aromatic N) is 3. The van der Waals surface area contributed by atoms with Gasteiger partial charge in [-0.2, -0.15) is 0 Å². The van der Waals surface area contributed by atoms with Gasteiger partial charge in [0.15, 0.2) is 0 Å². The number of nitrogens with one attached hydrogen (secondary N) is 1. The molecule has 0 bridgehead atoms. The first-order chi connectivity index (χ1) is 14.4. The molecule has 7 heteroatoms. The van der Waals surface area contributed by atoms with Crippen molar-refractivity contribution in [1.29, 1.82) is 0 Å². The Kier molecular flexibility index (Phi) is 8.10. The van der Waals surface area contributed by atoms with E-state index >= 15 is 0 Å². The molecule has 1 atom stereocenters. The van der Waals surface area contributed by atoms with Gasteiger partial charge in [-0.1, -0.05) is 26.0 Å². The largest absolute Gasteiger partial charge is 0.492 e. The number of benzene rings is 1. The van der Waals surface area contributed by atoms with Gasteiger partial charge in [0.25, 0.3) is 0 Å². The molecule has 166 valence electrons. The standard InChI is InChI=1S/C23H36N4O3/c1-18(2)23(29)27-11-9-26(10-12-27)13-14-30-21-6-4-5-19(15-21)16-25(3)17-20-7-8-22(28)24-20/h4-6,15,18,20H,7-14,16-17H2,1-3H3,(H,24,28). The molecule has 3 rings (SSSR count). The number of hydrogen-bond donors (Lipinski definition) is 1. The smallest absolute Gasteiger partial charge is 0.225 e. The molecule has 0 saturated carbocycles. The zero-order valence-corrected chi connectivity index (χ0v) is 18.6. The molecular weight excluding hydrogens is 380 g/mol. The summed E-state index contributed by atoms with van der Waals surface area (Å²) in [4.78, 5) is 30.0. The molecule has 0 radical (unpaired) electrons. The first-order valence-corrected chi connectivity index (χ1v) is 11.1. The molecule has 2 aliphatic heterocycles. The van der Waals surface area contributed by atoms with Gasteiger partial charge in [0.2, 0.25) is 11.8 Å². The SMILES string of the molecule is CC(C)C(=O)N1CCN(CCOc2cccc(CN(C)CC3CCC(=O)N3)c2)CC1. The molecule has 1 unspecified atom stereocenters. The molecule has 1 N–H and O–H groups in total. The minimum atomic E-state index is 0.0723. The predicted octanol–water partition coefficient (Wildman–Crippen LogP) is 1.58. The number of likely N-dealkylation sites (N-methyl/N-ethyl adjacent to an activating group) is 1. The fourth-order valence-corrected chi connectivity index (χ4v) is 4.15. The second-order valence-electron chi connectivity index (χ2n) is 8.82. The highest BCUT2D eigenvalue weighted by molar-refractivity contribution is 5.78. The van der Waals surface area contributed by atoms with Crippen molar-refractivity contribution >= 4 is 11.8 Å². The van der Waals surface area contributed by atoms with Crippen molar-refractivity contribution in [2.24, 2.45) is 5.92 Å². The number of piperazine rings is 1. The molecule has 2 aliphatic rings. The van der Waals surface area contributed by atoms with Crippen molar-refractivity contribution in [3.05, 3.63) is 29.8 Å². The van der Waals surface area contributed by atoms with E-state index in [4.69, 9.17) is 4.74 Å². The summed E-state index contributed by atoms with van der Waals surface area (Å²) in [7, 11) is 2.09. The minimum Gasteiger partial charge on any atom is -0.492 e. The van der Waals surface area contributed by atoms with E-state index in [0.717, 1.165) is 58.0 Å². The molecule has 0 spiro atoms. The number of amides is 2. The summed E-state index contributed by atoms with van der Waals surface area (Å²) in [5.41, 5.74) is 1.21. The second kappa shape index (κ2) is 10.8. The van der Waals surface area contributed by atoms with Gasteiger partial charge < -0.3 is 19.9 Å². The van der Waals surface area contributed by atoms with Gasteiger partial charge >= 0.3 is 0 Å². The van der Waals surface area contributed by atoms with Crippen LogP contribution in [-0.2, 0) is 16.1 Å². The van der Waals surface area contributed by atoms with E-state index < -0.39 is 0 Å².